The fourth-order valence-electron chi connectivity index (χ4n) is 1.83. The van der Waals surface area contributed by atoms with Crippen molar-refractivity contribution in [2.45, 2.75) is 38.8 Å². The lowest BCUT2D eigenvalue weighted by molar-refractivity contribution is 0.107. The average Bonchev–Trinajstić information content (AvgIpc) is 2.07. The van der Waals surface area contributed by atoms with Gasteiger partial charge < -0.3 is 5.32 Å². The standard InChI is InChI=1S/C11H22N2/c1-5-6-7-13-9-11(3,4)12-8-10(13)2/h5,10,12H,1,6-9H2,2-4H3. The Morgan fingerprint density at radius 1 is 1.62 bits per heavy atom. The molecule has 1 heterocycles. The molecular formula is C11H22N2. The second-order valence-corrected chi connectivity index (χ2v) is 4.66. The highest BCUT2D eigenvalue weighted by atomic mass is 15.2. The maximum Gasteiger partial charge on any atom is 0.0252 e. The Hall–Kier alpha value is -0.340. The minimum Gasteiger partial charge on any atom is -0.309 e. The lowest BCUT2D eigenvalue weighted by atomic mass is 9.99. The van der Waals surface area contributed by atoms with E-state index in [0.29, 0.717) is 6.04 Å². The zero-order chi connectivity index (χ0) is 9.90. The average molecular weight is 182 g/mol. The molecule has 0 aromatic rings. The first-order chi connectivity index (χ1) is 6.05. The number of rotatable bonds is 3. The molecule has 1 saturated heterocycles. The van der Waals surface area contributed by atoms with Crippen LogP contribution in [0.4, 0.5) is 0 Å². The van der Waals surface area contributed by atoms with Crippen LogP contribution in [0.3, 0.4) is 0 Å². The highest BCUT2D eigenvalue weighted by Gasteiger charge is 2.29. The predicted molar refractivity (Wildman–Crippen MR) is 57.9 cm³/mol. The van der Waals surface area contributed by atoms with Gasteiger partial charge >= 0.3 is 0 Å². The summed E-state index contributed by atoms with van der Waals surface area (Å²) in [6.45, 7) is 14.0. The van der Waals surface area contributed by atoms with Crippen LogP contribution in [0.2, 0.25) is 0 Å². The van der Waals surface area contributed by atoms with Gasteiger partial charge in [0.25, 0.3) is 0 Å². The number of nitrogens with one attached hydrogen (secondary N) is 1. The maximum absolute atomic E-state index is 3.76. The zero-order valence-electron chi connectivity index (χ0n) is 9.14. The molecule has 1 unspecified atom stereocenters. The van der Waals surface area contributed by atoms with Crippen LogP contribution in [0.1, 0.15) is 27.2 Å². The Labute approximate surface area is 82.0 Å². The van der Waals surface area contributed by atoms with Crippen LogP contribution in [-0.4, -0.2) is 36.1 Å². The molecule has 2 nitrogen and oxygen atoms in total. The summed E-state index contributed by atoms with van der Waals surface area (Å²) in [5, 5.41) is 3.55. The predicted octanol–water partition coefficient (Wildman–Crippen LogP) is 1.63. The SMILES string of the molecule is C=CCCN1CC(C)(C)NCC1C. The maximum atomic E-state index is 3.76. The smallest absolute Gasteiger partial charge is 0.0252 e. The van der Waals surface area contributed by atoms with Crippen molar-refractivity contribution in [1.82, 2.24) is 10.2 Å². The number of nitrogens with zero attached hydrogens (tertiary/aromatic N) is 1. The molecule has 76 valence electrons. The van der Waals surface area contributed by atoms with Gasteiger partial charge in [0.15, 0.2) is 0 Å². The summed E-state index contributed by atoms with van der Waals surface area (Å²) < 4.78 is 0. The van der Waals surface area contributed by atoms with Gasteiger partial charge in [0.2, 0.25) is 0 Å². The highest BCUT2D eigenvalue weighted by Crippen LogP contribution is 2.14. The van der Waals surface area contributed by atoms with Crippen molar-refractivity contribution in [3.8, 4) is 0 Å². The van der Waals surface area contributed by atoms with Crippen LogP contribution in [0.15, 0.2) is 12.7 Å². The van der Waals surface area contributed by atoms with E-state index in [1.807, 2.05) is 6.08 Å². The molecule has 0 radical (unpaired) electrons. The first kappa shape index (κ1) is 10.7. The van der Waals surface area contributed by atoms with Crippen LogP contribution in [-0.2, 0) is 0 Å². The molecule has 0 spiro atoms. The third kappa shape index (κ3) is 3.12. The van der Waals surface area contributed by atoms with Crippen LogP contribution in [0, 0.1) is 0 Å². The molecule has 1 aliphatic rings. The van der Waals surface area contributed by atoms with E-state index in [-0.39, 0.29) is 5.54 Å². The minimum absolute atomic E-state index is 0.272. The van der Waals surface area contributed by atoms with Gasteiger partial charge in [0.05, 0.1) is 0 Å². The van der Waals surface area contributed by atoms with E-state index in [4.69, 9.17) is 0 Å². The lowest BCUT2D eigenvalue weighted by Crippen LogP contribution is -2.60. The Balaban J connectivity index is 2.45. The Morgan fingerprint density at radius 3 is 2.92 bits per heavy atom. The van der Waals surface area contributed by atoms with Crippen LogP contribution < -0.4 is 5.32 Å². The molecule has 2 heteroatoms. The lowest BCUT2D eigenvalue weighted by Gasteiger charge is -2.43. The Kier molecular flexibility index (Phi) is 3.51. The molecule has 1 atom stereocenters. The quantitative estimate of drug-likeness (QED) is 0.667. The fourth-order valence-corrected chi connectivity index (χ4v) is 1.83. The van der Waals surface area contributed by atoms with Gasteiger partial charge in [0.1, 0.15) is 0 Å². The summed E-state index contributed by atoms with van der Waals surface area (Å²) in [5.41, 5.74) is 0.272. The van der Waals surface area contributed by atoms with Gasteiger partial charge in [-0.1, -0.05) is 6.08 Å². The van der Waals surface area contributed by atoms with E-state index in [0.717, 1.165) is 26.1 Å². The highest BCUT2D eigenvalue weighted by molar-refractivity contribution is 4.91. The van der Waals surface area contributed by atoms with Gasteiger partial charge in [-0.05, 0) is 27.2 Å². The summed E-state index contributed by atoms with van der Waals surface area (Å²) in [6.07, 6.45) is 3.10. The van der Waals surface area contributed by atoms with Crippen LogP contribution >= 0.6 is 0 Å². The molecule has 1 aliphatic heterocycles. The zero-order valence-corrected chi connectivity index (χ0v) is 9.14. The summed E-state index contributed by atoms with van der Waals surface area (Å²) in [7, 11) is 0. The normalized spacial score (nSPS) is 28.7. The largest absolute Gasteiger partial charge is 0.309 e. The van der Waals surface area contributed by atoms with E-state index in [1.54, 1.807) is 0 Å². The summed E-state index contributed by atoms with van der Waals surface area (Å²) >= 11 is 0. The molecule has 1 fully saturated rings. The first-order valence-electron chi connectivity index (χ1n) is 5.15. The van der Waals surface area contributed by atoms with E-state index >= 15 is 0 Å². The molecular weight excluding hydrogens is 160 g/mol. The van der Waals surface area contributed by atoms with E-state index in [2.05, 4.69) is 37.6 Å². The van der Waals surface area contributed by atoms with Crippen molar-refractivity contribution in [1.29, 1.82) is 0 Å². The first-order valence-corrected chi connectivity index (χ1v) is 5.15. The third-order valence-electron chi connectivity index (χ3n) is 2.72. The molecule has 0 amide bonds. The molecule has 0 aliphatic carbocycles. The molecule has 0 aromatic heterocycles. The summed E-state index contributed by atoms with van der Waals surface area (Å²) in [4.78, 5) is 2.54. The number of piperazine rings is 1. The van der Waals surface area contributed by atoms with Crippen molar-refractivity contribution in [2.75, 3.05) is 19.6 Å². The third-order valence-corrected chi connectivity index (χ3v) is 2.72. The van der Waals surface area contributed by atoms with Crippen molar-refractivity contribution in [2.24, 2.45) is 0 Å². The van der Waals surface area contributed by atoms with E-state index in [9.17, 15) is 0 Å². The van der Waals surface area contributed by atoms with E-state index in [1.165, 1.54) is 0 Å². The molecule has 1 rings (SSSR count). The molecule has 0 aromatic carbocycles. The van der Waals surface area contributed by atoms with Gasteiger partial charge in [-0.3, -0.25) is 4.90 Å². The topological polar surface area (TPSA) is 15.3 Å². The number of hydrogen-bond donors (Lipinski definition) is 1. The van der Waals surface area contributed by atoms with Gasteiger partial charge in [0, 0.05) is 31.2 Å². The molecule has 0 bridgehead atoms. The molecule has 0 saturated carbocycles. The monoisotopic (exact) mass is 182 g/mol. The van der Waals surface area contributed by atoms with Crippen LogP contribution in [0.25, 0.3) is 0 Å². The van der Waals surface area contributed by atoms with Gasteiger partial charge in [-0.2, -0.15) is 0 Å². The van der Waals surface area contributed by atoms with Crippen molar-refractivity contribution < 1.29 is 0 Å². The summed E-state index contributed by atoms with van der Waals surface area (Å²) in [6, 6.07) is 0.660. The Morgan fingerprint density at radius 2 is 2.31 bits per heavy atom. The fraction of sp³-hybridized carbons (Fsp3) is 0.818. The van der Waals surface area contributed by atoms with Gasteiger partial charge in [-0.15, -0.1) is 6.58 Å². The van der Waals surface area contributed by atoms with Crippen molar-refractivity contribution >= 4 is 0 Å². The second kappa shape index (κ2) is 4.25. The molecule has 1 N–H and O–H groups in total. The minimum atomic E-state index is 0.272. The second-order valence-electron chi connectivity index (χ2n) is 4.66. The van der Waals surface area contributed by atoms with Crippen LogP contribution in [0.5, 0.6) is 0 Å². The van der Waals surface area contributed by atoms with Gasteiger partial charge in [-0.25, -0.2) is 0 Å². The number of hydrogen-bond acceptors (Lipinski definition) is 2. The Bertz CT molecular complexity index is 175. The molecule has 13 heavy (non-hydrogen) atoms. The summed E-state index contributed by atoms with van der Waals surface area (Å²) in [5.74, 6) is 0. The van der Waals surface area contributed by atoms with Crippen molar-refractivity contribution in [3.05, 3.63) is 12.7 Å². The van der Waals surface area contributed by atoms with E-state index < -0.39 is 0 Å². The van der Waals surface area contributed by atoms with Crippen molar-refractivity contribution in [3.63, 3.8) is 0 Å².